The number of amides is 4. The van der Waals surface area contributed by atoms with Crippen molar-refractivity contribution in [3.63, 3.8) is 0 Å². The molecular weight excluding hydrogens is 616 g/mol. The highest BCUT2D eigenvalue weighted by Gasteiger charge is 2.56. The number of fused-ring (bicyclic) bond motifs is 1. The third-order valence-corrected chi connectivity index (χ3v) is 12.9. The lowest BCUT2D eigenvalue weighted by Crippen LogP contribution is -2.57. The van der Waals surface area contributed by atoms with E-state index >= 15 is 0 Å². The molecule has 4 saturated carbocycles. The number of benzene rings is 2. The van der Waals surface area contributed by atoms with Crippen molar-refractivity contribution in [1.82, 2.24) is 19.7 Å². The van der Waals surface area contributed by atoms with Crippen LogP contribution in [0.25, 0.3) is 10.8 Å². The molecule has 11 heteroatoms. The maximum atomic E-state index is 13.9. The minimum Gasteiger partial charge on any atom is -0.379 e. The third kappa shape index (κ3) is 5.27. The van der Waals surface area contributed by atoms with Gasteiger partial charge in [-0.05, 0) is 98.9 Å². The van der Waals surface area contributed by atoms with E-state index in [4.69, 9.17) is 4.18 Å². The summed E-state index contributed by atoms with van der Waals surface area (Å²) < 4.78 is 31.8. The second-order valence-electron chi connectivity index (χ2n) is 14.6. The van der Waals surface area contributed by atoms with E-state index in [2.05, 4.69) is 4.98 Å². The highest BCUT2D eigenvalue weighted by molar-refractivity contribution is 7.87. The highest BCUT2D eigenvalue weighted by Crippen LogP contribution is 2.60. The molecule has 0 radical (unpaired) electrons. The summed E-state index contributed by atoms with van der Waals surface area (Å²) in [4.78, 5) is 49.7. The summed E-state index contributed by atoms with van der Waals surface area (Å²) in [6.45, 7) is 1.21. The van der Waals surface area contributed by atoms with E-state index in [0.717, 1.165) is 24.8 Å². The average Bonchev–Trinajstić information content (AvgIpc) is 3.27. The minimum atomic E-state index is -4.12. The lowest BCUT2D eigenvalue weighted by Gasteiger charge is -2.57. The molecular formula is C36H40N4O6S. The van der Waals surface area contributed by atoms with Gasteiger partial charge in [-0.2, -0.15) is 8.42 Å². The number of aromatic nitrogens is 1. The Bertz CT molecular complexity index is 1810. The van der Waals surface area contributed by atoms with Gasteiger partial charge in [-0.25, -0.2) is 4.79 Å². The maximum Gasteiger partial charge on any atom is 0.339 e. The number of nitrogens with zero attached hydrogens (tertiary/aromatic N) is 4. The standard InChI is InChI=1S/C36H40N4O6S/c1-38-33(41)31(18-23-5-7-29(8-6-23)46-47(44,45)32-4-2-3-27-22-37-12-9-30(27)32)40(35(38)43)28-10-13-39(14-11-28)34(42)36-19-24-15-25(20-36)17-26(16-24)21-36/h2-9,12,22,24-26,28,31H,10-11,13-21H2,1H3. The predicted molar refractivity (Wildman–Crippen MR) is 174 cm³/mol. The van der Waals surface area contributed by atoms with Gasteiger partial charge in [-0.15, -0.1) is 0 Å². The van der Waals surface area contributed by atoms with Crippen LogP contribution in [0, 0.1) is 23.2 Å². The van der Waals surface area contributed by atoms with Gasteiger partial charge in [0.1, 0.15) is 16.7 Å². The number of urea groups is 1. The third-order valence-electron chi connectivity index (χ3n) is 11.6. The summed E-state index contributed by atoms with van der Waals surface area (Å²) in [5.74, 6) is 2.35. The molecule has 4 bridgehead atoms. The zero-order chi connectivity index (χ0) is 32.5. The molecule has 2 aliphatic heterocycles. The number of pyridine rings is 1. The Kier molecular flexibility index (Phi) is 7.31. The van der Waals surface area contributed by atoms with Crippen LogP contribution in [0.1, 0.15) is 56.9 Å². The van der Waals surface area contributed by atoms with Gasteiger partial charge in [0.25, 0.3) is 5.91 Å². The van der Waals surface area contributed by atoms with Crippen LogP contribution in [0.3, 0.4) is 0 Å². The van der Waals surface area contributed by atoms with Crippen molar-refractivity contribution in [3.05, 3.63) is 66.5 Å². The van der Waals surface area contributed by atoms with Crippen molar-refractivity contribution in [3.8, 4) is 5.75 Å². The quantitative estimate of drug-likeness (QED) is 0.259. The Balaban J connectivity index is 0.936. The van der Waals surface area contributed by atoms with E-state index < -0.39 is 16.2 Å². The molecule has 3 heterocycles. The number of carbonyl (C=O) groups excluding carboxylic acids is 3. The molecule has 1 atom stereocenters. The largest absolute Gasteiger partial charge is 0.379 e. The Hall–Kier alpha value is -3.99. The number of likely N-dealkylation sites (tertiary alicyclic amines) is 1. The molecule has 0 N–H and O–H groups in total. The molecule has 6 aliphatic rings. The molecule has 2 aromatic carbocycles. The monoisotopic (exact) mass is 656 g/mol. The van der Waals surface area contributed by atoms with E-state index in [1.165, 1.54) is 43.5 Å². The minimum absolute atomic E-state index is 0.0564. The average molecular weight is 657 g/mol. The number of carbonyl (C=O) groups is 3. The van der Waals surface area contributed by atoms with Gasteiger partial charge in [-0.1, -0.05) is 24.3 Å². The summed E-state index contributed by atoms with van der Waals surface area (Å²) in [6, 6.07) is 12.1. The van der Waals surface area contributed by atoms with Crippen LogP contribution in [0.2, 0.25) is 0 Å². The van der Waals surface area contributed by atoms with Gasteiger partial charge in [0, 0.05) is 55.8 Å². The van der Waals surface area contributed by atoms with E-state index in [0.29, 0.717) is 66.8 Å². The van der Waals surface area contributed by atoms with Gasteiger partial charge in [0.2, 0.25) is 5.91 Å². The Morgan fingerprint density at radius 3 is 2.26 bits per heavy atom. The summed E-state index contributed by atoms with van der Waals surface area (Å²) >= 11 is 0. The van der Waals surface area contributed by atoms with Gasteiger partial charge in [-0.3, -0.25) is 19.5 Å². The van der Waals surface area contributed by atoms with Crippen LogP contribution >= 0.6 is 0 Å². The number of hydrogen-bond donors (Lipinski definition) is 0. The number of hydrogen-bond acceptors (Lipinski definition) is 7. The summed E-state index contributed by atoms with van der Waals surface area (Å²) in [7, 11) is -2.59. The molecule has 10 nitrogen and oxygen atoms in total. The van der Waals surface area contributed by atoms with E-state index in [9.17, 15) is 22.8 Å². The summed E-state index contributed by atoms with van der Waals surface area (Å²) in [5, 5.41) is 1.22. The number of rotatable bonds is 7. The number of piperidine rings is 1. The molecule has 2 saturated heterocycles. The maximum absolute atomic E-state index is 13.9. The Morgan fingerprint density at radius 2 is 1.60 bits per heavy atom. The molecule has 1 unspecified atom stereocenters. The topological polar surface area (TPSA) is 117 Å². The van der Waals surface area contributed by atoms with Crippen LogP contribution in [0.5, 0.6) is 5.75 Å². The van der Waals surface area contributed by atoms with Crippen molar-refractivity contribution in [2.24, 2.45) is 23.2 Å². The first-order valence-corrected chi connectivity index (χ1v) is 18.3. The van der Waals surface area contributed by atoms with Gasteiger partial charge >= 0.3 is 16.1 Å². The Labute approximate surface area is 275 Å². The van der Waals surface area contributed by atoms with Crippen LogP contribution in [-0.2, 0) is 26.1 Å². The normalized spacial score (nSPS) is 29.3. The molecule has 3 aromatic rings. The second-order valence-corrected chi connectivity index (χ2v) is 16.1. The fourth-order valence-corrected chi connectivity index (χ4v) is 10.9. The van der Waals surface area contributed by atoms with E-state index in [1.54, 1.807) is 53.6 Å². The molecule has 246 valence electrons. The molecule has 4 amide bonds. The first kappa shape index (κ1) is 30.4. The molecule has 4 aliphatic carbocycles. The molecule has 47 heavy (non-hydrogen) atoms. The van der Waals surface area contributed by atoms with Crippen molar-refractivity contribution in [1.29, 1.82) is 0 Å². The van der Waals surface area contributed by atoms with E-state index in [-0.39, 0.29) is 34.0 Å². The first-order valence-electron chi connectivity index (χ1n) is 16.9. The van der Waals surface area contributed by atoms with Crippen molar-refractivity contribution in [2.75, 3.05) is 20.1 Å². The number of imide groups is 1. The second kappa shape index (κ2) is 11.3. The lowest BCUT2D eigenvalue weighted by molar-refractivity contribution is -0.159. The lowest BCUT2D eigenvalue weighted by atomic mass is 9.49. The SMILES string of the molecule is CN1C(=O)C(Cc2ccc(OS(=O)(=O)c3cccc4cnccc34)cc2)N(C2CCN(C(=O)C34CC5CC(CC(C5)C3)C4)CC2)C1=O. The highest BCUT2D eigenvalue weighted by atomic mass is 32.2. The molecule has 1 aromatic heterocycles. The van der Waals surface area contributed by atoms with E-state index in [1.807, 2.05) is 4.90 Å². The van der Waals surface area contributed by atoms with Crippen molar-refractivity contribution < 1.29 is 27.0 Å². The molecule has 6 fully saturated rings. The zero-order valence-corrected chi connectivity index (χ0v) is 27.4. The Morgan fingerprint density at radius 1 is 0.936 bits per heavy atom. The first-order chi connectivity index (χ1) is 22.6. The predicted octanol–water partition coefficient (Wildman–Crippen LogP) is 5.02. The summed E-state index contributed by atoms with van der Waals surface area (Å²) in [6.07, 6.45) is 11.8. The van der Waals surface area contributed by atoms with Crippen LogP contribution in [0.4, 0.5) is 4.79 Å². The molecule has 0 spiro atoms. The van der Waals surface area contributed by atoms with Crippen LogP contribution < -0.4 is 4.18 Å². The zero-order valence-electron chi connectivity index (χ0n) is 26.6. The van der Waals surface area contributed by atoms with Crippen LogP contribution in [0.15, 0.2) is 65.8 Å². The molecule has 9 rings (SSSR count). The summed E-state index contributed by atoms with van der Waals surface area (Å²) in [5.41, 5.74) is 0.609. The van der Waals surface area contributed by atoms with Crippen LogP contribution in [-0.4, -0.2) is 78.2 Å². The number of likely N-dealkylation sites (N-methyl/N-ethyl adjacent to an activating group) is 1. The fraction of sp³-hybridized carbons (Fsp3) is 0.500. The van der Waals surface area contributed by atoms with Gasteiger partial charge < -0.3 is 14.0 Å². The van der Waals surface area contributed by atoms with Gasteiger partial charge in [0.05, 0.1) is 5.41 Å². The van der Waals surface area contributed by atoms with Crippen molar-refractivity contribution in [2.45, 2.75) is 74.8 Å². The van der Waals surface area contributed by atoms with Gasteiger partial charge in [0.15, 0.2) is 0 Å². The smallest absolute Gasteiger partial charge is 0.339 e. The van der Waals surface area contributed by atoms with Crippen molar-refractivity contribution >= 4 is 38.7 Å². The fourth-order valence-electron chi connectivity index (χ4n) is 9.78.